The zero-order valence-electron chi connectivity index (χ0n) is 8.84. The molecule has 0 radical (unpaired) electrons. The molecular formula is C8H6F4N5O-. The Balaban J connectivity index is 0.000000873. The summed E-state index contributed by atoms with van der Waals surface area (Å²) < 4.78 is 51.1. The smallest absolute Gasteiger partial charge is 0.221 e. The fourth-order valence-corrected chi connectivity index (χ4v) is 0.947. The van der Waals surface area contributed by atoms with Crippen LogP contribution < -0.4 is 11.1 Å². The van der Waals surface area contributed by atoms with Gasteiger partial charge in [0.05, 0.1) is 5.69 Å². The van der Waals surface area contributed by atoms with Gasteiger partial charge in [-0.15, -0.1) is 0 Å². The number of nitrogens with one attached hydrogen (secondary N) is 1. The second kappa shape index (κ2) is 6.30. The zero-order valence-corrected chi connectivity index (χ0v) is 8.84. The molecule has 0 aliphatic carbocycles. The lowest BCUT2D eigenvalue weighted by atomic mass is 10.2. The van der Waals surface area contributed by atoms with E-state index in [1.54, 1.807) is 5.32 Å². The fourth-order valence-electron chi connectivity index (χ4n) is 0.947. The Labute approximate surface area is 97.8 Å². The van der Waals surface area contributed by atoms with E-state index in [4.69, 9.17) is 16.8 Å². The number of nitrogens with two attached hydrogens (primary N) is 1. The van der Waals surface area contributed by atoms with Crippen molar-refractivity contribution in [3.05, 3.63) is 39.2 Å². The van der Waals surface area contributed by atoms with Crippen LogP contribution in [-0.2, 0) is 4.79 Å². The summed E-state index contributed by atoms with van der Waals surface area (Å²) in [5.41, 5.74) is 16.6. The molecule has 0 heterocycles. The van der Waals surface area contributed by atoms with E-state index in [1.165, 1.54) is 4.91 Å². The Morgan fingerprint density at radius 1 is 1.11 bits per heavy atom. The number of amides is 1. The Morgan fingerprint density at radius 3 is 1.89 bits per heavy atom. The van der Waals surface area contributed by atoms with Gasteiger partial charge in [0.1, 0.15) is 5.69 Å². The maximum Gasteiger partial charge on any atom is 0.221 e. The summed E-state index contributed by atoms with van der Waals surface area (Å²) in [6.07, 6.45) is 0. The van der Waals surface area contributed by atoms with Gasteiger partial charge in [-0.1, -0.05) is 0 Å². The van der Waals surface area contributed by atoms with Crippen LogP contribution in [0.2, 0.25) is 0 Å². The highest BCUT2D eigenvalue weighted by Crippen LogP contribution is 2.30. The lowest BCUT2D eigenvalue weighted by Gasteiger charge is -2.09. The molecule has 0 saturated heterocycles. The molecule has 0 atom stereocenters. The standard InChI is InChI=1S/C8H6F4N2O.N3/c1-2(15)14-8-6(12)4(10)3(9)5(11)7(8)13;1-3-2/h13H2,1H3,(H,14,15);/q;-1. The van der Waals surface area contributed by atoms with Crippen molar-refractivity contribution >= 4 is 17.3 Å². The van der Waals surface area contributed by atoms with E-state index in [-0.39, 0.29) is 0 Å². The van der Waals surface area contributed by atoms with Crippen LogP contribution in [0.5, 0.6) is 0 Å². The second-order valence-corrected chi connectivity index (χ2v) is 2.82. The first-order chi connectivity index (χ1) is 8.27. The van der Waals surface area contributed by atoms with Crippen molar-refractivity contribution in [2.75, 3.05) is 11.1 Å². The molecule has 3 N–H and O–H groups in total. The van der Waals surface area contributed by atoms with E-state index in [0.717, 1.165) is 6.92 Å². The third kappa shape index (κ3) is 3.25. The molecule has 1 aromatic carbocycles. The number of carbonyl (C=O) groups is 1. The molecule has 1 rings (SSSR count). The first-order valence-corrected chi connectivity index (χ1v) is 4.15. The SMILES string of the molecule is CC(=O)Nc1c(N)c(F)c(F)c(F)c1F.[N-]=[N+]=[N-]. The summed E-state index contributed by atoms with van der Waals surface area (Å²) in [4.78, 5) is 12.1. The van der Waals surface area contributed by atoms with Gasteiger partial charge in [0.2, 0.25) is 5.91 Å². The molecule has 0 aliphatic rings. The summed E-state index contributed by atoms with van der Waals surface area (Å²) in [5, 5.41) is 1.76. The zero-order chi connectivity index (χ0) is 14.5. The number of carbonyl (C=O) groups excluding carboxylic acids is 1. The van der Waals surface area contributed by atoms with Gasteiger partial charge in [-0.05, 0) is 0 Å². The molecule has 0 unspecified atom stereocenters. The van der Waals surface area contributed by atoms with E-state index in [2.05, 4.69) is 0 Å². The van der Waals surface area contributed by atoms with Crippen LogP contribution in [-0.4, -0.2) is 5.91 Å². The Morgan fingerprint density at radius 2 is 1.50 bits per heavy atom. The van der Waals surface area contributed by atoms with Crippen LogP contribution in [0.15, 0.2) is 0 Å². The summed E-state index contributed by atoms with van der Waals surface area (Å²) in [5.74, 6) is -8.30. The number of rotatable bonds is 1. The van der Waals surface area contributed by atoms with E-state index in [9.17, 15) is 22.4 Å². The van der Waals surface area contributed by atoms with E-state index < -0.39 is 40.6 Å². The second-order valence-electron chi connectivity index (χ2n) is 2.82. The average molecular weight is 264 g/mol. The van der Waals surface area contributed by atoms with Gasteiger partial charge in [-0.2, -0.15) is 0 Å². The van der Waals surface area contributed by atoms with Crippen molar-refractivity contribution in [1.29, 1.82) is 0 Å². The maximum absolute atomic E-state index is 13.0. The summed E-state index contributed by atoms with van der Waals surface area (Å²) in [6.45, 7) is 0.984. The van der Waals surface area contributed by atoms with Crippen LogP contribution in [0.1, 0.15) is 6.92 Å². The number of benzene rings is 1. The van der Waals surface area contributed by atoms with Gasteiger partial charge in [-0.25, -0.2) is 17.6 Å². The van der Waals surface area contributed by atoms with Crippen LogP contribution >= 0.6 is 0 Å². The first kappa shape index (κ1) is 15.5. The van der Waals surface area contributed by atoms with Gasteiger partial charge in [0, 0.05) is 6.92 Å². The Bertz CT molecular complexity index is 484. The molecule has 6 nitrogen and oxygen atoms in total. The van der Waals surface area contributed by atoms with E-state index >= 15 is 0 Å². The number of anilines is 2. The highest BCUT2D eigenvalue weighted by Gasteiger charge is 2.24. The number of nitrogens with zero attached hydrogens (tertiary/aromatic N) is 3. The molecular weight excluding hydrogens is 258 g/mol. The van der Waals surface area contributed by atoms with E-state index in [1.807, 2.05) is 0 Å². The molecule has 1 amide bonds. The van der Waals surface area contributed by atoms with Gasteiger partial charge < -0.3 is 22.1 Å². The van der Waals surface area contributed by atoms with Crippen molar-refractivity contribution in [2.24, 2.45) is 0 Å². The predicted octanol–water partition coefficient (Wildman–Crippen LogP) is 2.65. The van der Waals surface area contributed by atoms with Crippen molar-refractivity contribution < 1.29 is 22.4 Å². The highest BCUT2D eigenvalue weighted by molar-refractivity contribution is 5.92. The minimum absolute atomic E-state index is 0.786. The number of hydrogen-bond donors (Lipinski definition) is 2. The van der Waals surface area contributed by atoms with Crippen LogP contribution in [0.25, 0.3) is 16.0 Å². The number of halogens is 4. The third-order valence-corrected chi connectivity index (χ3v) is 1.60. The highest BCUT2D eigenvalue weighted by atomic mass is 19.2. The predicted molar refractivity (Wildman–Crippen MR) is 55.1 cm³/mol. The lowest BCUT2D eigenvalue weighted by Crippen LogP contribution is -2.13. The van der Waals surface area contributed by atoms with Crippen LogP contribution in [0, 0.1) is 23.3 Å². The van der Waals surface area contributed by atoms with Gasteiger partial charge in [0.15, 0.2) is 23.3 Å². The molecule has 0 aromatic heterocycles. The summed E-state index contributed by atoms with van der Waals surface area (Å²) >= 11 is 0. The van der Waals surface area contributed by atoms with Crippen LogP contribution in [0.4, 0.5) is 28.9 Å². The van der Waals surface area contributed by atoms with Gasteiger partial charge in [0.25, 0.3) is 0 Å². The van der Waals surface area contributed by atoms with Crippen molar-refractivity contribution in [3.8, 4) is 0 Å². The first-order valence-electron chi connectivity index (χ1n) is 4.15. The lowest BCUT2D eigenvalue weighted by molar-refractivity contribution is -0.114. The van der Waals surface area contributed by atoms with Gasteiger partial charge in [-0.3, -0.25) is 9.71 Å². The molecule has 1 aromatic rings. The molecule has 0 spiro atoms. The van der Waals surface area contributed by atoms with E-state index in [0.29, 0.717) is 0 Å². The largest absolute Gasteiger partial charge is 0.394 e. The van der Waals surface area contributed by atoms with Crippen molar-refractivity contribution in [1.82, 2.24) is 0 Å². The average Bonchev–Trinajstić information content (AvgIpc) is 2.30. The molecule has 98 valence electrons. The minimum atomic E-state index is -2.02. The normalized spacial score (nSPS) is 8.94. The van der Waals surface area contributed by atoms with Crippen molar-refractivity contribution in [2.45, 2.75) is 6.92 Å². The van der Waals surface area contributed by atoms with Crippen molar-refractivity contribution in [3.63, 3.8) is 0 Å². The Hall–Kier alpha value is -2.48. The molecule has 0 saturated carbocycles. The molecule has 10 heteroatoms. The monoisotopic (exact) mass is 264 g/mol. The molecule has 0 fully saturated rings. The quantitative estimate of drug-likeness (QED) is 0.154. The number of nitrogen functional groups attached to an aromatic ring is 1. The number of hydrogen-bond acceptors (Lipinski definition) is 2. The van der Waals surface area contributed by atoms with Gasteiger partial charge >= 0.3 is 0 Å². The fraction of sp³-hybridized carbons (Fsp3) is 0.125. The van der Waals surface area contributed by atoms with Crippen LogP contribution in [0.3, 0.4) is 0 Å². The molecule has 18 heavy (non-hydrogen) atoms. The minimum Gasteiger partial charge on any atom is -0.394 e. The topological polar surface area (TPSA) is 114 Å². The maximum atomic E-state index is 13.0. The summed E-state index contributed by atoms with van der Waals surface area (Å²) in [6, 6.07) is 0. The molecule has 0 bridgehead atoms. The Kier molecular flexibility index (Phi) is 5.43. The molecule has 0 aliphatic heterocycles. The third-order valence-electron chi connectivity index (χ3n) is 1.60. The summed E-state index contributed by atoms with van der Waals surface area (Å²) in [7, 11) is 0.